The van der Waals surface area contributed by atoms with Crippen LogP contribution in [0.15, 0.2) is 29.3 Å². The second-order valence-corrected chi connectivity index (χ2v) is 8.33. The lowest BCUT2D eigenvalue weighted by atomic mass is 10.1. The Kier molecular flexibility index (Phi) is 11.5. The van der Waals surface area contributed by atoms with Crippen LogP contribution >= 0.6 is 24.0 Å². The van der Waals surface area contributed by atoms with Crippen LogP contribution in [0, 0.1) is 0 Å². The summed E-state index contributed by atoms with van der Waals surface area (Å²) < 4.78 is 5.06. The Balaban J connectivity index is 0.00000363. The summed E-state index contributed by atoms with van der Waals surface area (Å²) in [5.74, 6) is 0.465. The zero-order chi connectivity index (χ0) is 22.1. The summed E-state index contributed by atoms with van der Waals surface area (Å²) in [4.78, 5) is 23.0. The molecule has 2 heterocycles. The van der Waals surface area contributed by atoms with E-state index in [0.717, 1.165) is 57.7 Å². The number of benzene rings is 1. The number of nitrogens with zero attached hydrogens (tertiary/aromatic N) is 4. The molecule has 0 aliphatic carbocycles. The van der Waals surface area contributed by atoms with E-state index in [2.05, 4.69) is 51.3 Å². The second kappa shape index (κ2) is 13.8. The fourth-order valence-corrected chi connectivity index (χ4v) is 4.12. The highest BCUT2D eigenvalue weighted by atomic mass is 127. The lowest BCUT2D eigenvalue weighted by Gasteiger charge is -2.34. The molecule has 2 aliphatic rings. The van der Waals surface area contributed by atoms with Crippen molar-refractivity contribution in [2.75, 3.05) is 52.4 Å². The molecule has 0 saturated carbocycles. The third-order valence-electron chi connectivity index (χ3n) is 6.15. The van der Waals surface area contributed by atoms with Crippen LogP contribution in [0.25, 0.3) is 0 Å². The van der Waals surface area contributed by atoms with Crippen molar-refractivity contribution in [3.8, 4) is 0 Å². The molecule has 0 bridgehead atoms. The van der Waals surface area contributed by atoms with Gasteiger partial charge < -0.3 is 25.6 Å². The van der Waals surface area contributed by atoms with Gasteiger partial charge in [0, 0.05) is 51.9 Å². The third-order valence-corrected chi connectivity index (χ3v) is 6.15. The number of carbonyl (C=O) groups excluding carboxylic acids is 1. The van der Waals surface area contributed by atoms with Crippen LogP contribution in [-0.4, -0.2) is 85.2 Å². The van der Waals surface area contributed by atoms with Crippen molar-refractivity contribution in [1.29, 1.82) is 0 Å². The van der Waals surface area contributed by atoms with E-state index in [9.17, 15) is 4.79 Å². The first-order chi connectivity index (χ1) is 15.1. The van der Waals surface area contributed by atoms with Gasteiger partial charge in [-0.25, -0.2) is 9.79 Å². The first-order valence-electron chi connectivity index (χ1n) is 11.6. The Morgan fingerprint density at radius 1 is 1.03 bits per heavy atom. The van der Waals surface area contributed by atoms with Crippen LogP contribution in [0.2, 0.25) is 0 Å². The molecule has 32 heavy (non-hydrogen) atoms. The maximum Gasteiger partial charge on any atom is 0.409 e. The molecule has 2 saturated heterocycles. The number of aliphatic imine (C=N–C) groups is 1. The summed E-state index contributed by atoms with van der Waals surface area (Å²) >= 11 is 0. The maximum absolute atomic E-state index is 11.8. The molecule has 0 radical (unpaired) electrons. The molecule has 1 amide bonds. The van der Waals surface area contributed by atoms with Gasteiger partial charge >= 0.3 is 6.09 Å². The van der Waals surface area contributed by atoms with Gasteiger partial charge in [-0.1, -0.05) is 31.2 Å². The lowest BCUT2D eigenvalue weighted by molar-refractivity contribution is 0.0963. The Labute approximate surface area is 209 Å². The van der Waals surface area contributed by atoms with Gasteiger partial charge in [-0.2, -0.15) is 0 Å². The number of ether oxygens (including phenoxy) is 1. The second-order valence-electron chi connectivity index (χ2n) is 8.33. The first-order valence-corrected chi connectivity index (χ1v) is 11.6. The fraction of sp³-hybridized carbons (Fsp3) is 0.652. The summed E-state index contributed by atoms with van der Waals surface area (Å²) in [6, 6.07) is 8.93. The Morgan fingerprint density at radius 3 is 2.22 bits per heavy atom. The molecule has 3 N–H and O–H groups in total. The molecular weight excluding hydrogens is 519 g/mol. The van der Waals surface area contributed by atoms with Crippen LogP contribution < -0.4 is 11.1 Å². The molecule has 0 unspecified atom stereocenters. The minimum absolute atomic E-state index is 0. The number of hydrogen-bond acceptors (Lipinski definition) is 5. The Morgan fingerprint density at radius 2 is 1.62 bits per heavy atom. The van der Waals surface area contributed by atoms with Crippen molar-refractivity contribution < 1.29 is 9.53 Å². The molecule has 2 aliphatic heterocycles. The van der Waals surface area contributed by atoms with E-state index in [0.29, 0.717) is 32.2 Å². The van der Waals surface area contributed by atoms with Crippen molar-refractivity contribution in [3.63, 3.8) is 0 Å². The van der Waals surface area contributed by atoms with Gasteiger partial charge in [-0.15, -0.1) is 24.0 Å². The minimum atomic E-state index is -0.228. The summed E-state index contributed by atoms with van der Waals surface area (Å²) in [5, 5.41) is 3.29. The van der Waals surface area contributed by atoms with Gasteiger partial charge in [0.05, 0.1) is 13.2 Å². The van der Waals surface area contributed by atoms with Crippen molar-refractivity contribution in [1.82, 2.24) is 20.0 Å². The number of carbonyl (C=O) groups is 1. The van der Waals surface area contributed by atoms with Crippen LogP contribution in [0.1, 0.15) is 37.8 Å². The van der Waals surface area contributed by atoms with E-state index in [4.69, 9.17) is 10.5 Å². The molecule has 1 aromatic carbocycles. The molecule has 8 nitrogen and oxygen atoms in total. The molecule has 0 spiro atoms. The lowest BCUT2D eigenvalue weighted by Crippen LogP contribution is -2.48. The Hall–Kier alpha value is -1.59. The number of piperazine rings is 1. The van der Waals surface area contributed by atoms with Gasteiger partial charge in [0.2, 0.25) is 0 Å². The number of likely N-dealkylation sites (tertiary alicyclic amines) is 1. The molecule has 180 valence electrons. The van der Waals surface area contributed by atoms with E-state index < -0.39 is 0 Å². The van der Waals surface area contributed by atoms with Crippen molar-refractivity contribution in [2.45, 2.75) is 45.8 Å². The van der Waals surface area contributed by atoms with Crippen LogP contribution in [0.4, 0.5) is 4.79 Å². The maximum atomic E-state index is 11.8. The highest BCUT2D eigenvalue weighted by molar-refractivity contribution is 14.0. The minimum Gasteiger partial charge on any atom is -0.450 e. The normalized spacial score (nSPS) is 18.8. The van der Waals surface area contributed by atoms with Gasteiger partial charge in [0.15, 0.2) is 5.96 Å². The number of nitrogens with two attached hydrogens (primary N) is 1. The number of rotatable bonds is 7. The van der Waals surface area contributed by atoms with E-state index in [1.54, 1.807) is 4.90 Å². The number of amides is 1. The molecule has 2 fully saturated rings. The van der Waals surface area contributed by atoms with Gasteiger partial charge in [0.25, 0.3) is 0 Å². The smallest absolute Gasteiger partial charge is 0.409 e. The van der Waals surface area contributed by atoms with E-state index in [-0.39, 0.29) is 36.1 Å². The van der Waals surface area contributed by atoms with E-state index in [1.807, 2.05) is 6.92 Å². The highest BCUT2D eigenvalue weighted by Crippen LogP contribution is 2.13. The van der Waals surface area contributed by atoms with Crippen LogP contribution in [-0.2, 0) is 17.8 Å². The number of likely N-dealkylation sites (N-methyl/N-ethyl adjacent to an activating group) is 1. The van der Waals surface area contributed by atoms with E-state index >= 15 is 0 Å². The predicted octanol–water partition coefficient (Wildman–Crippen LogP) is 2.47. The van der Waals surface area contributed by atoms with Crippen molar-refractivity contribution >= 4 is 36.0 Å². The van der Waals surface area contributed by atoms with Crippen molar-refractivity contribution in [3.05, 3.63) is 35.4 Å². The molecule has 1 aromatic rings. The summed E-state index contributed by atoms with van der Waals surface area (Å²) in [5.41, 5.74) is 8.59. The average molecular weight is 559 g/mol. The number of guanidine groups is 1. The summed E-state index contributed by atoms with van der Waals surface area (Å²) in [6.07, 6.45) is 1.46. The predicted molar refractivity (Wildman–Crippen MR) is 139 cm³/mol. The number of piperidine rings is 1. The Bertz CT molecular complexity index is 714. The number of nitrogens with one attached hydrogen (secondary N) is 1. The van der Waals surface area contributed by atoms with Gasteiger partial charge in [0.1, 0.15) is 0 Å². The van der Waals surface area contributed by atoms with Crippen LogP contribution in [0.5, 0.6) is 0 Å². The quantitative estimate of drug-likeness (QED) is 0.304. The van der Waals surface area contributed by atoms with Crippen LogP contribution in [0.3, 0.4) is 0 Å². The number of halogens is 1. The first kappa shape index (κ1) is 26.7. The van der Waals surface area contributed by atoms with Crippen molar-refractivity contribution in [2.24, 2.45) is 10.7 Å². The van der Waals surface area contributed by atoms with Gasteiger partial charge in [-0.05, 0) is 37.4 Å². The molecule has 9 heteroatoms. The average Bonchev–Trinajstić information content (AvgIpc) is 2.80. The summed E-state index contributed by atoms with van der Waals surface area (Å²) in [6.45, 7) is 13.2. The molecule has 0 atom stereocenters. The topological polar surface area (TPSA) is 86.4 Å². The SMILES string of the molecule is CCOC(=O)N1CCC(NC(N)=NCc2ccc(CN3CCN(CC)CC3)cc2)CC1.I. The largest absolute Gasteiger partial charge is 0.450 e. The zero-order valence-corrected chi connectivity index (χ0v) is 21.8. The molecular formula is C23H39IN6O2. The summed E-state index contributed by atoms with van der Waals surface area (Å²) in [7, 11) is 0. The van der Waals surface area contributed by atoms with Gasteiger partial charge in [-0.3, -0.25) is 4.90 Å². The fourth-order valence-electron chi connectivity index (χ4n) is 4.12. The highest BCUT2D eigenvalue weighted by Gasteiger charge is 2.23. The zero-order valence-electron chi connectivity index (χ0n) is 19.5. The molecule has 0 aromatic heterocycles. The molecule has 3 rings (SSSR count). The monoisotopic (exact) mass is 558 g/mol. The standard InChI is InChI=1S/C23H38N6O2.HI/c1-3-27-13-15-28(16-14-27)18-20-7-5-19(6-8-20)17-25-22(24)26-21-9-11-29(12-10-21)23(30)31-4-2;/h5-8,21H,3-4,9-18H2,1-2H3,(H3,24,25,26);1H. The number of hydrogen-bond donors (Lipinski definition) is 2. The van der Waals surface area contributed by atoms with E-state index in [1.165, 1.54) is 5.56 Å². The third kappa shape index (κ3) is 8.40.